The standard InChI is InChI=1S/C52H76F2N8O8S2/c1-35(55-9)47(63)57-45(51(3,4)5)49(65)61-28-12-14-41(61)33-59(30-26-37-18-22-39(53)23-19-37)71(67,68)43-16-11-17-44(32-43)72(69,70)60(31-27-38-20-24-40(54)25-21-38)34-42-15-13-29-62(42)50(66)46(52(6,7)8)58-48(64)36(2)56-10/h11,16-25,32,35-36,41-42,45-46,55-56H,12-15,26-31,33-34H2,1-10H3,(H,57,63)(H,58,64)/t35-,36-,41-,42-,45+,46+/m0/s1. The van der Waals surface area contributed by atoms with Gasteiger partial charge < -0.3 is 31.1 Å². The molecule has 20 heteroatoms. The molecular formula is C52H76F2N8O8S2. The number of rotatable bonds is 22. The van der Waals surface area contributed by atoms with Crippen molar-refractivity contribution < 1.29 is 44.8 Å². The van der Waals surface area contributed by atoms with E-state index in [4.69, 9.17) is 0 Å². The molecule has 398 valence electrons. The van der Waals surface area contributed by atoms with Crippen molar-refractivity contribution in [1.82, 2.24) is 39.7 Å². The lowest BCUT2D eigenvalue weighted by molar-refractivity contribution is -0.140. The van der Waals surface area contributed by atoms with Gasteiger partial charge in [-0.1, -0.05) is 71.9 Å². The Bertz CT molecular complexity index is 2400. The summed E-state index contributed by atoms with van der Waals surface area (Å²) in [6, 6.07) is 12.3. The Balaban J connectivity index is 1.50. The SMILES string of the molecule is CN[C@@H](C)C(=O)N[C@H](C(=O)N1CCC[C@H]1CN(CCc1ccc(F)cc1)S(=O)(=O)c1cccc(S(=O)(=O)N(CCc2ccc(F)cc2)C[C@@H]2CCCN2C(=O)[C@@H](NC(=O)[C@H](C)NC)C(C)(C)C)c1)C(C)(C)C. The summed E-state index contributed by atoms with van der Waals surface area (Å²) in [7, 11) is -5.75. The van der Waals surface area contributed by atoms with E-state index in [9.17, 15) is 28.0 Å². The third-order valence-corrected chi connectivity index (χ3v) is 17.5. The highest BCUT2D eigenvalue weighted by molar-refractivity contribution is 7.90. The van der Waals surface area contributed by atoms with Gasteiger partial charge in [0.15, 0.2) is 0 Å². The van der Waals surface area contributed by atoms with Crippen molar-refractivity contribution in [1.29, 1.82) is 0 Å². The summed E-state index contributed by atoms with van der Waals surface area (Å²) in [5.74, 6) is -2.34. The lowest BCUT2D eigenvalue weighted by Gasteiger charge is -2.37. The van der Waals surface area contributed by atoms with Crippen LogP contribution in [0.5, 0.6) is 0 Å². The molecule has 0 aliphatic carbocycles. The number of hydrogen-bond donors (Lipinski definition) is 4. The minimum absolute atomic E-state index is 0.0954. The van der Waals surface area contributed by atoms with Gasteiger partial charge in [-0.05, 0) is 131 Å². The Morgan fingerprint density at radius 3 is 1.28 bits per heavy atom. The van der Waals surface area contributed by atoms with Crippen molar-refractivity contribution in [2.75, 3.05) is 53.4 Å². The summed E-state index contributed by atoms with van der Waals surface area (Å²) in [5.41, 5.74) is -0.101. The van der Waals surface area contributed by atoms with Crippen LogP contribution < -0.4 is 21.3 Å². The third-order valence-electron chi connectivity index (χ3n) is 13.8. The lowest BCUT2D eigenvalue weighted by Crippen LogP contribution is -2.59. The van der Waals surface area contributed by atoms with E-state index in [0.717, 1.165) is 6.07 Å². The number of nitrogens with zero attached hydrogens (tertiary/aromatic N) is 4. The van der Waals surface area contributed by atoms with Crippen LogP contribution in [0.1, 0.15) is 92.2 Å². The number of likely N-dealkylation sites (tertiary alicyclic amines) is 2. The maximum absolute atomic E-state index is 15.1. The van der Waals surface area contributed by atoms with Gasteiger partial charge in [-0.2, -0.15) is 8.61 Å². The molecule has 2 aliphatic rings. The van der Waals surface area contributed by atoms with E-state index in [2.05, 4.69) is 21.3 Å². The van der Waals surface area contributed by atoms with E-state index < -0.39 is 78.8 Å². The average Bonchev–Trinajstić information content (AvgIpc) is 4.01. The Morgan fingerprint density at radius 2 is 0.958 bits per heavy atom. The summed E-state index contributed by atoms with van der Waals surface area (Å²) >= 11 is 0. The Labute approximate surface area is 426 Å². The van der Waals surface area contributed by atoms with E-state index in [1.807, 2.05) is 41.5 Å². The second-order valence-electron chi connectivity index (χ2n) is 21.2. The minimum Gasteiger partial charge on any atom is -0.342 e. The van der Waals surface area contributed by atoms with Crippen LogP contribution in [0.4, 0.5) is 8.78 Å². The third kappa shape index (κ3) is 14.7. The zero-order chi connectivity index (χ0) is 53.3. The van der Waals surface area contributed by atoms with Crippen LogP contribution in [-0.2, 0) is 52.1 Å². The summed E-state index contributed by atoms with van der Waals surface area (Å²) in [6.45, 7) is 14.6. The predicted octanol–water partition coefficient (Wildman–Crippen LogP) is 4.69. The van der Waals surface area contributed by atoms with Crippen molar-refractivity contribution in [2.45, 2.75) is 140 Å². The molecule has 6 atom stereocenters. The van der Waals surface area contributed by atoms with E-state index in [0.29, 0.717) is 49.9 Å². The Hall–Kier alpha value is -4.86. The van der Waals surface area contributed by atoms with Gasteiger partial charge in [-0.15, -0.1) is 0 Å². The molecule has 16 nitrogen and oxygen atoms in total. The number of sulfonamides is 2. The first-order valence-corrected chi connectivity index (χ1v) is 27.7. The first-order valence-electron chi connectivity index (χ1n) is 24.8. The molecule has 2 heterocycles. The molecule has 0 saturated carbocycles. The van der Waals surface area contributed by atoms with Gasteiger partial charge in [0.25, 0.3) is 0 Å². The first kappa shape index (κ1) is 58.0. The number of nitrogens with one attached hydrogen (secondary N) is 4. The molecule has 72 heavy (non-hydrogen) atoms. The molecule has 0 unspecified atom stereocenters. The minimum atomic E-state index is -4.52. The molecule has 0 radical (unpaired) electrons. The second kappa shape index (κ2) is 24.4. The molecule has 4 amide bonds. The number of hydrogen-bond acceptors (Lipinski definition) is 10. The first-order chi connectivity index (χ1) is 33.7. The molecular weight excluding hydrogens is 967 g/mol. The molecule has 0 aromatic heterocycles. The van der Waals surface area contributed by atoms with Gasteiger partial charge in [-0.25, -0.2) is 25.6 Å². The summed E-state index contributed by atoms with van der Waals surface area (Å²) in [4.78, 5) is 57.7. The van der Waals surface area contributed by atoms with Crippen molar-refractivity contribution in [3.8, 4) is 0 Å². The highest BCUT2D eigenvalue weighted by atomic mass is 32.2. The van der Waals surface area contributed by atoms with Crippen LogP contribution in [0.3, 0.4) is 0 Å². The monoisotopic (exact) mass is 1040 g/mol. The van der Waals surface area contributed by atoms with Crippen LogP contribution >= 0.6 is 0 Å². The summed E-state index contributed by atoms with van der Waals surface area (Å²) in [6.07, 6.45) is 2.41. The van der Waals surface area contributed by atoms with E-state index >= 15 is 16.8 Å². The Kier molecular flexibility index (Phi) is 19.7. The van der Waals surface area contributed by atoms with Crippen molar-refractivity contribution >= 4 is 43.7 Å². The zero-order valence-electron chi connectivity index (χ0n) is 43.5. The molecule has 2 fully saturated rings. The van der Waals surface area contributed by atoms with Gasteiger partial charge in [0.2, 0.25) is 43.7 Å². The number of amides is 4. The van der Waals surface area contributed by atoms with Gasteiger partial charge >= 0.3 is 0 Å². The van der Waals surface area contributed by atoms with Crippen molar-refractivity contribution in [3.63, 3.8) is 0 Å². The molecule has 0 bridgehead atoms. The van der Waals surface area contributed by atoms with Gasteiger partial charge in [0, 0.05) is 51.4 Å². The fourth-order valence-electron chi connectivity index (χ4n) is 9.05. The summed E-state index contributed by atoms with van der Waals surface area (Å²) < 4.78 is 90.7. The van der Waals surface area contributed by atoms with Crippen molar-refractivity contribution in [2.24, 2.45) is 10.8 Å². The quantitative estimate of drug-likeness (QED) is 0.110. The molecule has 0 spiro atoms. The molecule has 3 aromatic rings. The van der Waals surface area contributed by atoms with Gasteiger partial charge in [0.05, 0.1) is 21.9 Å². The maximum atomic E-state index is 15.1. The number of carbonyl (C=O) groups excluding carboxylic acids is 4. The average molecular weight is 1040 g/mol. The summed E-state index contributed by atoms with van der Waals surface area (Å²) in [5, 5.41) is 11.6. The highest BCUT2D eigenvalue weighted by Crippen LogP contribution is 2.31. The fraction of sp³-hybridized carbons (Fsp3) is 0.577. The molecule has 3 aromatic carbocycles. The van der Waals surface area contributed by atoms with Crippen LogP contribution in [0.25, 0.3) is 0 Å². The van der Waals surface area contributed by atoms with Gasteiger partial charge in [-0.3, -0.25) is 19.2 Å². The normalized spacial score (nSPS) is 18.5. The maximum Gasteiger partial charge on any atom is 0.245 e. The number of carbonyl (C=O) groups is 4. The molecule has 5 rings (SSSR count). The number of likely N-dealkylation sites (N-methyl/N-ethyl adjacent to an activating group) is 2. The van der Waals surface area contributed by atoms with E-state index in [1.165, 1.54) is 51.1 Å². The fourth-order valence-corrected chi connectivity index (χ4v) is 12.2. The van der Waals surface area contributed by atoms with Crippen LogP contribution in [0.15, 0.2) is 82.6 Å². The van der Waals surface area contributed by atoms with Crippen LogP contribution in [0.2, 0.25) is 0 Å². The van der Waals surface area contributed by atoms with E-state index in [-0.39, 0.29) is 72.4 Å². The highest BCUT2D eigenvalue weighted by Gasteiger charge is 2.44. The lowest BCUT2D eigenvalue weighted by atomic mass is 9.85. The predicted molar refractivity (Wildman–Crippen MR) is 273 cm³/mol. The van der Waals surface area contributed by atoms with Crippen LogP contribution in [0, 0.1) is 22.5 Å². The van der Waals surface area contributed by atoms with Crippen molar-refractivity contribution in [3.05, 3.63) is 95.6 Å². The van der Waals surface area contributed by atoms with E-state index in [1.54, 1.807) is 62.0 Å². The molecule has 2 aliphatic heterocycles. The molecule has 2 saturated heterocycles. The number of halogens is 2. The van der Waals surface area contributed by atoms with Gasteiger partial charge in [0.1, 0.15) is 23.7 Å². The largest absolute Gasteiger partial charge is 0.342 e. The topological polar surface area (TPSA) is 198 Å². The smallest absolute Gasteiger partial charge is 0.245 e. The number of benzene rings is 3. The molecule has 4 N–H and O–H groups in total. The Morgan fingerprint density at radius 1 is 0.611 bits per heavy atom. The van der Waals surface area contributed by atoms with Crippen LogP contribution in [-0.4, -0.2) is 148 Å². The zero-order valence-corrected chi connectivity index (χ0v) is 45.1. The second-order valence-corrected chi connectivity index (χ2v) is 25.1.